The van der Waals surface area contributed by atoms with Crippen LogP contribution in [-0.4, -0.2) is 43.1 Å². The number of fused-ring (bicyclic) bond motifs is 1. The van der Waals surface area contributed by atoms with Gasteiger partial charge in [-0.2, -0.15) is 0 Å². The molecule has 2 aliphatic rings. The highest BCUT2D eigenvalue weighted by molar-refractivity contribution is 6.52. The highest BCUT2D eigenvalue weighted by Gasteiger charge is 2.40. The highest BCUT2D eigenvalue weighted by atomic mass is 16.5. The van der Waals surface area contributed by atoms with E-state index in [2.05, 4.69) is 5.32 Å². The Kier molecular flexibility index (Phi) is 3.64. The fraction of sp³-hybridized carbons (Fsp3) is 0.400. The number of ether oxygens (including phenoxy) is 1. The van der Waals surface area contributed by atoms with Gasteiger partial charge in [0, 0.05) is 13.0 Å². The van der Waals surface area contributed by atoms with Gasteiger partial charge >= 0.3 is 0 Å². The Balaban J connectivity index is 1.94. The molecule has 1 fully saturated rings. The van der Waals surface area contributed by atoms with Crippen molar-refractivity contribution >= 4 is 30.5 Å². The van der Waals surface area contributed by atoms with Crippen LogP contribution >= 0.6 is 0 Å². The van der Waals surface area contributed by atoms with Gasteiger partial charge in [-0.1, -0.05) is 18.4 Å². The number of nitrogens with one attached hydrogen (secondary N) is 1. The van der Waals surface area contributed by atoms with E-state index in [4.69, 9.17) is 4.74 Å². The molecule has 3 rings (SSSR count). The van der Waals surface area contributed by atoms with Crippen molar-refractivity contribution in [2.24, 2.45) is 0 Å². The summed E-state index contributed by atoms with van der Waals surface area (Å²) in [4.78, 5) is 37.5. The van der Waals surface area contributed by atoms with Crippen molar-refractivity contribution in [3.63, 3.8) is 0 Å². The summed E-state index contributed by atoms with van der Waals surface area (Å²) in [6.45, 7) is 2.27. The van der Waals surface area contributed by atoms with Gasteiger partial charge in [-0.3, -0.25) is 19.7 Å². The van der Waals surface area contributed by atoms with E-state index in [0.29, 0.717) is 24.3 Å². The lowest BCUT2D eigenvalue weighted by molar-refractivity contribution is -0.136. The van der Waals surface area contributed by atoms with E-state index in [9.17, 15) is 14.4 Å². The van der Waals surface area contributed by atoms with Gasteiger partial charge in [-0.05, 0) is 18.1 Å². The smallest absolute Gasteiger partial charge is 0.258 e. The van der Waals surface area contributed by atoms with E-state index in [0.717, 1.165) is 11.0 Å². The fourth-order valence-electron chi connectivity index (χ4n) is 3.02. The van der Waals surface area contributed by atoms with Crippen molar-refractivity contribution in [3.05, 3.63) is 23.3 Å². The molecule has 7 heteroatoms. The number of carbonyl (C=O) groups excluding carboxylic acids is 3. The molecule has 1 N–H and O–H groups in total. The molecule has 0 bridgehead atoms. The summed E-state index contributed by atoms with van der Waals surface area (Å²) in [5, 5.41) is 2.30. The first-order chi connectivity index (χ1) is 10.5. The maximum absolute atomic E-state index is 12.7. The summed E-state index contributed by atoms with van der Waals surface area (Å²) in [7, 11) is 3.46. The van der Waals surface area contributed by atoms with Crippen LogP contribution in [0.4, 0.5) is 0 Å². The number of amides is 3. The molecule has 2 aliphatic heterocycles. The second kappa shape index (κ2) is 5.48. The quantitative estimate of drug-likeness (QED) is 0.621. The Hall–Kier alpha value is -2.31. The molecule has 1 aromatic carbocycles. The summed E-state index contributed by atoms with van der Waals surface area (Å²) in [6.07, 6.45) is 0.612. The number of methoxy groups -OCH3 is 1. The molecule has 1 aromatic rings. The van der Waals surface area contributed by atoms with Crippen molar-refractivity contribution in [2.45, 2.75) is 32.3 Å². The maximum atomic E-state index is 12.7. The second-order valence-corrected chi connectivity index (χ2v) is 5.45. The third-order valence-corrected chi connectivity index (χ3v) is 4.16. The molecule has 0 aliphatic carbocycles. The van der Waals surface area contributed by atoms with Gasteiger partial charge in [0.05, 0.1) is 12.7 Å². The molecule has 1 unspecified atom stereocenters. The zero-order valence-electron chi connectivity index (χ0n) is 12.5. The molecule has 1 atom stereocenters. The van der Waals surface area contributed by atoms with E-state index >= 15 is 0 Å². The Morgan fingerprint density at radius 2 is 2.09 bits per heavy atom. The molecule has 113 valence electrons. The third kappa shape index (κ3) is 2.26. The number of hydrogen-bond donors (Lipinski definition) is 1. The number of imide groups is 1. The zero-order valence-corrected chi connectivity index (χ0v) is 12.5. The monoisotopic (exact) mass is 299 g/mol. The molecule has 22 heavy (non-hydrogen) atoms. The van der Waals surface area contributed by atoms with E-state index < -0.39 is 11.9 Å². The topological polar surface area (TPSA) is 75.7 Å². The van der Waals surface area contributed by atoms with Gasteiger partial charge in [0.15, 0.2) is 0 Å². The number of benzene rings is 1. The average molecular weight is 299 g/mol. The largest absolute Gasteiger partial charge is 0.496 e. The van der Waals surface area contributed by atoms with Gasteiger partial charge in [-0.15, -0.1) is 0 Å². The van der Waals surface area contributed by atoms with Crippen LogP contribution in [0.15, 0.2) is 12.1 Å². The van der Waals surface area contributed by atoms with Crippen LogP contribution < -0.4 is 15.5 Å². The van der Waals surface area contributed by atoms with Crippen LogP contribution in [0.5, 0.6) is 5.75 Å². The SMILES string of the molecule is C[B]c1cc2c(c(OC)c1)C(=O)N(C1CCC(=O)NC1=O)C2. The first-order valence-electron chi connectivity index (χ1n) is 7.20. The molecule has 0 aromatic heterocycles. The third-order valence-electron chi connectivity index (χ3n) is 4.16. The van der Waals surface area contributed by atoms with Crippen molar-refractivity contribution in [1.29, 1.82) is 0 Å². The molecule has 0 saturated carbocycles. The van der Waals surface area contributed by atoms with Crippen molar-refractivity contribution in [2.75, 3.05) is 7.11 Å². The normalized spacial score (nSPS) is 20.7. The van der Waals surface area contributed by atoms with Gasteiger partial charge in [0.25, 0.3) is 5.91 Å². The van der Waals surface area contributed by atoms with Gasteiger partial charge in [0.2, 0.25) is 11.8 Å². The summed E-state index contributed by atoms with van der Waals surface area (Å²) in [5.41, 5.74) is 2.33. The summed E-state index contributed by atoms with van der Waals surface area (Å²) < 4.78 is 5.33. The van der Waals surface area contributed by atoms with Crippen LogP contribution in [-0.2, 0) is 16.1 Å². The van der Waals surface area contributed by atoms with E-state index in [1.54, 1.807) is 0 Å². The lowest BCUT2D eigenvalue weighted by Crippen LogP contribution is -2.52. The fourth-order valence-corrected chi connectivity index (χ4v) is 3.02. The minimum absolute atomic E-state index is 0.219. The molecule has 1 radical (unpaired) electrons. The molecular weight excluding hydrogens is 283 g/mol. The van der Waals surface area contributed by atoms with Crippen molar-refractivity contribution in [3.8, 4) is 5.75 Å². The van der Waals surface area contributed by atoms with Crippen LogP contribution in [0.1, 0.15) is 28.8 Å². The van der Waals surface area contributed by atoms with Crippen LogP contribution in [0, 0.1) is 0 Å². The average Bonchev–Trinajstić information content (AvgIpc) is 2.83. The Morgan fingerprint density at radius 3 is 2.73 bits per heavy atom. The lowest BCUT2D eigenvalue weighted by Gasteiger charge is -2.29. The first-order valence-corrected chi connectivity index (χ1v) is 7.20. The molecule has 6 nitrogen and oxygen atoms in total. The summed E-state index contributed by atoms with van der Waals surface area (Å²) >= 11 is 0. The summed E-state index contributed by atoms with van der Waals surface area (Å²) in [6, 6.07) is 3.14. The number of piperidine rings is 1. The molecule has 2 heterocycles. The molecule has 1 saturated heterocycles. The lowest BCUT2D eigenvalue weighted by atomic mass is 9.72. The number of hydrogen-bond acceptors (Lipinski definition) is 4. The van der Waals surface area contributed by atoms with Gasteiger partial charge in [0.1, 0.15) is 19.1 Å². The zero-order chi connectivity index (χ0) is 15.9. The minimum Gasteiger partial charge on any atom is -0.496 e. The predicted molar refractivity (Wildman–Crippen MR) is 80.3 cm³/mol. The predicted octanol–water partition coefficient (Wildman–Crippen LogP) is -0.166. The number of nitrogens with zero attached hydrogens (tertiary/aromatic N) is 1. The number of rotatable bonds is 3. The van der Waals surface area contributed by atoms with Crippen LogP contribution in [0.2, 0.25) is 6.82 Å². The van der Waals surface area contributed by atoms with Gasteiger partial charge in [-0.25, -0.2) is 0 Å². The Bertz CT molecular complexity index is 674. The first kappa shape index (κ1) is 14.6. The van der Waals surface area contributed by atoms with Crippen LogP contribution in [0.25, 0.3) is 0 Å². The van der Waals surface area contributed by atoms with Gasteiger partial charge < -0.3 is 9.64 Å². The highest BCUT2D eigenvalue weighted by Crippen LogP contribution is 2.32. The Morgan fingerprint density at radius 1 is 1.32 bits per heavy atom. The van der Waals surface area contributed by atoms with Crippen LogP contribution in [0.3, 0.4) is 0 Å². The summed E-state index contributed by atoms with van der Waals surface area (Å²) in [5.74, 6) is -0.390. The number of carbonyl (C=O) groups is 3. The standard InChI is InChI=1S/C15H16BN2O4/c1-16-9-5-8-7-18(10-3-4-12(19)17-14(10)20)15(21)13(8)11(6-9)22-2/h5-6,10H,3-4,7H2,1-2H3,(H,17,19,20). The van der Waals surface area contributed by atoms with E-state index in [1.807, 2.05) is 26.2 Å². The Labute approximate surface area is 129 Å². The second-order valence-electron chi connectivity index (χ2n) is 5.45. The van der Waals surface area contributed by atoms with E-state index in [-0.39, 0.29) is 18.2 Å². The molecule has 0 spiro atoms. The maximum Gasteiger partial charge on any atom is 0.258 e. The van der Waals surface area contributed by atoms with Crippen molar-refractivity contribution < 1.29 is 19.1 Å². The van der Waals surface area contributed by atoms with E-state index in [1.165, 1.54) is 12.0 Å². The molecular formula is C15H16BN2O4. The minimum atomic E-state index is -0.601. The van der Waals surface area contributed by atoms with Crippen molar-refractivity contribution in [1.82, 2.24) is 10.2 Å². The molecule has 3 amide bonds.